The molecule has 27 heavy (non-hydrogen) atoms. The number of phenolic OH excluding ortho intramolecular Hbond substituents is 1. The molecule has 1 atom stereocenters. The van der Waals surface area contributed by atoms with Gasteiger partial charge in [0.05, 0.1) is 4.90 Å². The molecule has 0 bridgehead atoms. The Balaban J connectivity index is 2.75. The van der Waals surface area contributed by atoms with E-state index in [2.05, 4.69) is 0 Å². The normalized spacial score (nSPS) is 20.6. The Morgan fingerprint density at radius 1 is 1.19 bits per heavy atom. The number of fused-ring (bicyclic) bond motifs is 1. The summed E-state index contributed by atoms with van der Waals surface area (Å²) in [7, 11) is -8.81. The maximum Gasteiger partial charge on any atom is 0.501 e. The first-order valence-electron chi connectivity index (χ1n) is 8.05. The third kappa shape index (κ3) is 3.60. The summed E-state index contributed by atoms with van der Waals surface area (Å²) in [6.45, 7) is 8.51. The van der Waals surface area contributed by atoms with Crippen molar-refractivity contribution in [2.24, 2.45) is 0 Å². The smallest absolute Gasteiger partial charge is 0.501 e. The van der Waals surface area contributed by atoms with Crippen LogP contribution in [0.2, 0.25) is 18.1 Å². The van der Waals surface area contributed by atoms with Crippen molar-refractivity contribution in [3.8, 4) is 5.75 Å². The number of alkyl halides is 5. The van der Waals surface area contributed by atoms with Crippen LogP contribution in [0.1, 0.15) is 38.0 Å². The van der Waals surface area contributed by atoms with Crippen molar-refractivity contribution in [3.05, 3.63) is 23.3 Å². The molecule has 2 rings (SSSR count). The molecule has 0 amide bonds. The lowest BCUT2D eigenvalue weighted by Gasteiger charge is -2.40. The van der Waals surface area contributed by atoms with Gasteiger partial charge in [-0.15, -0.1) is 0 Å². The monoisotopic (exact) mass is 432 g/mol. The van der Waals surface area contributed by atoms with Crippen molar-refractivity contribution in [2.45, 2.75) is 67.8 Å². The zero-order chi connectivity index (χ0) is 21.2. The molecule has 0 radical (unpaired) electrons. The molecular weight excluding hydrogens is 411 g/mol. The van der Waals surface area contributed by atoms with Crippen molar-refractivity contribution in [2.75, 3.05) is 0 Å². The van der Waals surface area contributed by atoms with E-state index in [1.54, 1.807) is 33.9 Å². The molecule has 11 heteroatoms. The fourth-order valence-corrected chi connectivity index (χ4v) is 4.87. The van der Waals surface area contributed by atoms with E-state index in [4.69, 9.17) is 4.43 Å². The minimum absolute atomic E-state index is 0.500. The molecular formula is C16H21F5O4SSi. The fourth-order valence-electron chi connectivity index (χ4n) is 2.62. The first-order chi connectivity index (χ1) is 11.8. The van der Waals surface area contributed by atoms with Gasteiger partial charge in [-0.1, -0.05) is 20.8 Å². The molecule has 4 nitrogen and oxygen atoms in total. The third-order valence-electron chi connectivity index (χ3n) is 5.16. The molecule has 1 aliphatic carbocycles. The number of sulfone groups is 1. The Labute approximate surface area is 155 Å². The first kappa shape index (κ1) is 22.1. The summed E-state index contributed by atoms with van der Waals surface area (Å²) >= 11 is 0. The van der Waals surface area contributed by atoms with Gasteiger partial charge in [-0.2, -0.15) is 13.2 Å². The van der Waals surface area contributed by atoms with Crippen LogP contribution in [0.3, 0.4) is 0 Å². The average Bonchev–Trinajstić information content (AvgIpc) is 2.69. The summed E-state index contributed by atoms with van der Waals surface area (Å²) in [5, 5.41) is 9.33. The average molecular weight is 432 g/mol. The highest BCUT2D eigenvalue weighted by atomic mass is 32.2. The largest absolute Gasteiger partial charge is 0.508 e. The van der Waals surface area contributed by atoms with Gasteiger partial charge in [0.25, 0.3) is 15.8 Å². The quantitative estimate of drug-likeness (QED) is 0.543. The predicted molar refractivity (Wildman–Crippen MR) is 91.0 cm³/mol. The van der Waals surface area contributed by atoms with E-state index in [1.807, 2.05) is 0 Å². The third-order valence-corrected chi connectivity index (χ3v) is 11.1. The minimum Gasteiger partial charge on any atom is -0.508 e. The summed E-state index contributed by atoms with van der Waals surface area (Å²) in [5.74, 6) is -4.35. The van der Waals surface area contributed by atoms with Gasteiger partial charge in [-0.3, -0.25) is 0 Å². The predicted octanol–water partition coefficient (Wildman–Crippen LogP) is 4.94. The standard InChI is InChI=1S/C16H21F5O4SSi/c1-14(2,3)27(4,5)25-13-12-9(8-15(13,17)18)10(22)6-7-11(12)26(23,24)16(19,20)21/h6-7,13,22H,8H2,1-5H3. The van der Waals surface area contributed by atoms with Crippen molar-refractivity contribution in [1.29, 1.82) is 0 Å². The SMILES string of the molecule is CC(C)(C)[Si](C)(C)OC1c2c(S(=O)(=O)C(F)(F)F)ccc(O)c2CC1(F)F. The van der Waals surface area contributed by atoms with Crippen LogP contribution in [-0.2, 0) is 20.7 Å². The van der Waals surface area contributed by atoms with E-state index in [0.717, 1.165) is 0 Å². The van der Waals surface area contributed by atoms with Gasteiger partial charge in [0.1, 0.15) is 11.9 Å². The van der Waals surface area contributed by atoms with E-state index >= 15 is 0 Å². The maximum atomic E-state index is 14.7. The van der Waals surface area contributed by atoms with Crippen molar-refractivity contribution in [1.82, 2.24) is 0 Å². The van der Waals surface area contributed by atoms with Crippen molar-refractivity contribution < 1.29 is 39.9 Å². The molecule has 0 spiro atoms. The second-order valence-electron chi connectivity index (χ2n) is 8.12. The van der Waals surface area contributed by atoms with Gasteiger partial charge >= 0.3 is 5.51 Å². The van der Waals surface area contributed by atoms with Crippen LogP contribution in [0.25, 0.3) is 0 Å². The van der Waals surface area contributed by atoms with Gasteiger partial charge in [0, 0.05) is 17.5 Å². The fraction of sp³-hybridized carbons (Fsp3) is 0.625. The van der Waals surface area contributed by atoms with Gasteiger partial charge in [-0.25, -0.2) is 17.2 Å². The molecule has 0 saturated carbocycles. The second-order valence-corrected chi connectivity index (χ2v) is 14.8. The summed E-state index contributed by atoms with van der Waals surface area (Å²) in [4.78, 5) is -1.30. The molecule has 0 aromatic heterocycles. The van der Waals surface area contributed by atoms with E-state index in [0.29, 0.717) is 12.1 Å². The topological polar surface area (TPSA) is 63.6 Å². The lowest BCUT2D eigenvalue weighted by molar-refractivity contribution is -0.0911. The maximum absolute atomic E-state index is 14.7. The summed E-state index contributed by atoms with van der Waals surface area (Å²) in [6, 6.07) is 1.18. The molecule has 0 aliphatic heterocycles. The van der Waals surface area contributed by atoms with Crippen LogP contribution < -0.4 is 0 Å². The second kappa shape index (κ2) is 6.15. The lowest BCUT2D eigenvalue weighted by Crippen LogP contribution is -2.44. The van der Waals surface area contributed by atoms with Gasteiger partial charge in [-0.05, 0) is 30.3 Å². The number of benzene rings is 1. The molecule has 1 N–H and O–H groups in total. The van der Waals surface area contributed by atoms with Crippen LogP contribution >= 0.6 is 0 Å². The summed E-state index contributed by atoms with van der Waals surface area (Å²) in [5.41, 5.74) is -7.01. The highest BCUT2D eigenvalue weighted by Gasteiger charge is 2.57. The lowest BCUT2D eigenvalue weighted by atomic mass is 10.1. The van der Waals surface area contributed by atoms with Crippen molar-refractivity contribution >= 4 is 18.2 Å². The van der Waals surface area contributed by atoms with E-state index < -0.39 is 68.9 Å². The highest BCUT2D eigenvalue weighted by Crippen LogP contribution is 2.54. The zero-order valence-corrected chi connectivity index (χ0v) is 17.2. The summed E-state index contributed by atoms with van der Waals surface area (Å²) in [6.07, 6.45) is -3.29. The van der Waals surface area contributed by atoms with Crippen LogP contribution in [0, 0.1) is 0 Å². The zero-order valence-electron chi connectivity index (χ0n) is 15.4. The number of rotatable bonds is 3. The Hall–Kier alpha value is -1.20. The molecule has 0 fully saturated rings. The van der Waals surface area contributed by atoms with E-state index in [1.165, 1.54) is 0 Å². The number of phenols is 1. The van der Waals surface area contributed by atoms with Gasteiger partial charge < -0.3 is 9.53 Å². The van der Waals surface area contributed by atoms with Crippen LogP contribution in [0.4, 0.5) is 22.0 Å². The van der Waals surface area contributed by atoms with Gasteiger partial charge in [0.2, 0.25) is 0 Å². The van der Waals surface area contributed by atoms with Gasteiger partial charge in [0.15, 0.2) is 8.32 Å². The Morgan fingerprint density at radius 3 is 2.15 bits per heavy atom. The molecule has 1 aromatic rings. The molecule has 1 unspecified atom stereocenters. The van der Waals surface area contributed by atoms with Crippen LogP contribution in [0.15, 0.2) is 17.0 Å². The van der Waals surface area contributed by atoms with Crippen molar-refractivity contribution in [3.63, 3.8) is 0 Å². The molecule has 0 saturated heterocycles. The van der Waals surface area contributed by atoms with Crippen LogP contribution in [-0.4, -0.2) is 33.3 Å². The minimum atomic E-state index is -5.90. The first-order valence-corrected chi connectivity index (χ1v) is 12.4. The van der Waals surface area contributed by atoms with Crippen LogP contribution in [0.5, 0.6) is 5.75 Å². The Bertz CT molecular complexity index is 857. The number of aromatic hydroxyl groups is 1. The number of hydrogen-bond donors (Lipinski definition) is 1. The molecule has 0 heterocycles. The molecule has 154 valence electrons. The van der Waals surface area contributed by atoms with E-state index in [9.17, 15) is 35.5 Å². The number of halogens is 5. The Kier molecular flexibility index (Phi) is 5.03. The Morgan fingerprint density at radius 2 is 1.70 bits per heavy atom. The summed E-state index contributed by atoms with van der Waals surface area (Å²) < 4.78 is 98.1. The highest BCUT2D eigenvalue weighted by molar-refractivity contribution is 7.92. The molecule has 1 aliphatic rings. The molecule has 1 aromatic carbocycles. The number of hydrogen-bond acceptors (Lipinski definition) is 4. The van der Waals surface area contributed by atoms with E-state index in [-0.39, 0.29) is 0 Å².